The maximum Gasteiger partial charge on any atom is 0.303 e. The molecule has 6 heteroatoms. The fraction of sp³-hybridized carbons (Fsp3) is 0.750. The molecule has 3 atom stereocenters. The van der Waals surface area contributed by atoms with Crippen molar-refractivity contribution in [3.8, 4) is 5.75 Å². The number of aryl methyl sites for hydroxylation is 1. The zero-order chi connectivity index (χ0) is 27.1. The molecule has 210 valence electrons. The molecule has 6 nitrogen and oxygen atoms in total. The highest BCUT2D eigenvalue weighted by molar-refractivity contribution is 5.66. The molecule has 0 saturated heterocycles. The van der Waals surface area contributed by atoms with Gasteiger partial charge in [-0.1, -0.05) is 19.8 Å². The molecule has 0 heterocycles. The first kappa shape index (κ1) is 27.5. The van der Waals surface area contributed by atoms with Crippen LogP contribution in [0.1, 0.15) is 131 Å². The fourth-order valence-electron chi connectivity index (χ4n) is 9.69. The lowest BCUT2D eigenvalue weighted by atomic mass is 9.47. The molecule has 5 rings (SSSR count). The number of phenols is 1. The summed E-state index contributed by atoms with van der Waals surface area (Å²) in [6, 6.07) is 2.02. The number of aromatic hydroxyl groups is 1. The molecule has 2 bridgehead atoms. The third kappa shape index (κ3) is 4.45. The molecule has 4 N–H and O–H groups in total. The standard InChI is InChI=1S/C32H46O6/c1-30-15-14-24-25(31(30)16-18-32(30,38)19-17-31)13-12-21-20-26(33)22(8-4-2-6-10-27(34)35)23(29(21)24)9-5-3-7-11-28(36)37/h20,24-25,33,38H,2-19H2,1H3,(H,34,35)(H,36,37)/t24-,25+,30-,31?,32?/m0/s1. The van der Waals surface area contributed by atoms with Crippen molar-refractivity contribution >= 4 is 11.9 Å². The summed E-state index contributed by atoms with van der Waals surface area (Å²) in [6.45, 7) is 2.38. The van der Waals surface area contributed by atoms with Gasteiger partial charge in [-0.2, -0.15) is 0 Å². The number of carboxylic acid groups (broad SMARTS) is 2. The highest BCUT2D eigenvalue weighted by Crippen LogP contribution is 2.77. The predicted octanol–water partition coefficient (Wildman–Crippen LogP) is 6.52. The van der Waals surface area contributed by atoms with E-state index in [0.717, 1.165) is 95.5 Å². The van der Waals surface area contributed by atoms with Gasteiger partial charge in [0.25, 0.3) is 0 Å². The van der Waals surface area contributed by atoms with Crippen LogP contribution in [0.15, 0.2) is 6.07 Å². The second kappa shape index (κ2) is 10.5. The normalized spacial score (nSPS) is 33.0. The molecule has 3 fully saturated rings. The molecular formula is C32H46O6. The summed E-state index contributed by atoms with van der Waals surface area (Å²) >= 11 is 0. The molecular weight excluding hydrogens is 480 g/mol. The Labute approximate surface area is 226 Å². The fourth-order valence-corrected chi connectivity index (χ4v) is 9.69. The maximum atomic E-state index is 11.6. The molecule has 4 aliphatic carbocycles. The monoisotopic (exact) mass is 526 g/mol. The summed E-state index contributed by atoms with van der Waals surface area (Å²) in [6.07, 6.45) is 15.2. The Bertz CT molecular complexity index is 1070. The van der Waals surface area contributed by atoms with Crippen molar-refractivity contribution in [2.45, 2.75) is 134 Å². The van der Waals surface area contributed by atoms with E-state index in [1.54, 1.807) is 0 Å². The number of aliphatic hydroxyl groups is 1. The predicted molar refractivity (Wildman–Crippen MR) is 145 cm³/mol. The van der Waals surface area contributed by atoms with E-state index in [2.05, 4.69) is 6.92 Å². The maximum absolute atomic E-state index is 11.6. The number of carbonyl (C=O) groups is 2. The van der Waals surface area contributed by atoms with Gasteiger partial charge >= 0.3 is 11.9 Å². The van der Waals surface area contributed by atoms with Crippen LogP contribution in [0.5, 0.6) is 5.75 Å². The van der Waals surface area contributed by atoms with Crippen LogP contribution in [0.4, 0.5) is 0 Å². The Morgan fingerprint density at radius 1 is 0.842 bits per heavy atom. The van der Waals surface area contributed by atoms with E-state index in [-0.39, 0.29) is 23.7 Å². The van der Waals surface area contributed by atoms with Gasteiger partial charge in [-0.3, -0.25) is 9.59 Å². The lowest BCUT2D eigenvalue weighted by molar-refractivity contribution is -0.138. The Hall–Kier alpha value is -2.08. The molecule has 38 heavy (non-hydrogen) atoms. The number of fused-ring (bicyclic) bond motifs is 3. The molecule has 1 aromatic rings. The van der Waals surface area contributed by atoms with Gasteiger partial charge in [0.15, 0.2) is 0 Å². The van der Waals surface area contributed by atoms with Crippen LogP contribution in [0.3, 0.4) is 0 Å². The van der Waals surface area contributed by atoms with E-state index in [4.69, 9.17) is 10.2 Å². The van der Waals surface area contributed by atoms with E-state index in [0.29, 0.717) is 30.4 Å². The molecule has 0 unspecified atom stereocenters. The van der Waals surface area contributed by atoms with Gasteiger partial charge in [0.1, 0.15) is 5.75 Å². The minimum absolute atomic E-state index is 0.0134. The number of hydrogen-bond donors (Lipinski definition) is 4. The minimum atomic E-state index is -0.760. The zero-order valence-electron chi connectivity index (χ0n) is 23.1. The van der Waals surface area contributed by atoms with Crippen LogP contribution < -0.4 is 0 Å². The molecule has 4 aliphatic rings. The van der Waals surface area contributed by atoms with Crippen LogP contribution in [0.25, 0.3) is 0 Å². The van der Waals surface area contributed by atoms with Crippen LogP contribution in [0, 0.1) is 16.7 Å². The van der Waals surface area contributed by atoms with Gasteiger partial charge < -0.3 is 20.4 Å². The first-order chi connectivity index (χ1) is 18.1. The molecule has 3 saturated carbocycles. The SMILES string of the molecule is C[C@]12CC[C@@H]3c4c(cc(O)c(CCCCCC(=O)O)c4CCCCCC(=O)O)CC[C@H]3C13CCC2(O)CC3. The van der Waals surface area contributed by atoms with Crippen molar-refractivity contribution in [3.05, 3.63) is 28.3 Å². The third-order valence-corrected chi connectivity index (χ3v) is 11.6. The van der Waals surface area contributed by atoms with Crippen molar-refractivity contribution < 1.29 is 30.0 Å². The second-order valence-electron chi connectivity index (χ2n) is 13.1. The molecule has 1 aromatic carbocycles. The molecule has 0 radical (unpaired) electrons. The van der Waals surface area contributed by atoms with E-state index in [1.165, 1.54) is 16.7 Å². The minimum Gasteiger partial charge on any atom is -0.508 e. The number of benzene rings is 1. The quantitative estimate of drug-likeness (QED) is 0.231. The summed E-state index contributed by atoms with van der Waals surface area (Å²) in [7, 11) is 0. The first-order valence-corrected chi connectivity index (χ1v) is 15.1. The topological polar surface area (TPSA) is 115 Å². The van der Waals surface area contributed by atoms with Crippen LogP contribution >= 0.6 is 0 Å². The van der Waals surface area contributed by atoms with Crippen LogP contribution in [-0.4, -0.2) is 38.0 Å². The third-order valence-electron chi connectivity index (χ3n) is 11.6. The van der Waals surface area contributed by atoms with Gasteiger partial charge in [-0.05, 0) is 135 Å². The summed E-state index contributed by atoms with van der Waals surface area (Å²) in [5, 5.41) is 40.8. The lowest BCUT2D eigenvalue weighted by Crippen LogP contribution is -2.52. The van der Waals surface area contributed by atoms with Crippen molar-refractivity contribution in [2.24, 2.45) is 16.7 Å². The van der Waals surface area contributed by atoms with Crippen LogP contribution in [-0.2, 0) is 28.9 Å². The average molecular weight is 527 g/mol. The summed E-state index contributed by atoms with van der Waals surface area (Å²) < 4.78 is 0. The number of phenolic OH excluding ortho intramolecular Hbond substituents is 1. The summed E-state index contributed by atoms with van der Waals surface area (Å²) in [5.74, 6) is -0.0844. The Balaban J connectivity index is 1.44. The molecule has 0 amide bonds. The molecule has 0 aromatic heterocycles. The van der Waals surface area contributed by atoms with E-state index in [9.17, 15) is 19.8 Å². The Kier molecular flexibility index (Phi) is 7.58. The van der Waals surface area contributed by atoms with E-state index >= 15 is 0 Å². The highest BCUT2D eigenvalue weighted by Gasteiger charge is 2.73. The number of carboxylic acids is 2. The van der Waals surface area contributed by atoms with Gasteiger partial charge in [0.05, 0.1) is 5.60 Å². The first-order valence-electron chi connectivity index (χ1n) is 15.1. The van der Waals surface area contributed by atoms with E-state index < -0.39 is 17.5 Å². The largest absolute Gasteiger partial charge is 0.508 e. The van der Waals surface area contributed by atoms with Crippen molar-refractivity contribution in [3.63, 3.8) is 0 Å². The van der Waals surface area contributed by atoms with Crippen LogP contribution in [0.2, 0.25) is 0 Å². The number of hydrogen-bond acceptors (Lipinski definition) is 4. The highest BCUT2D eigenvalue weighted by atomic mass is 16.4. The van der Waals surface area contributed by atoms with Crippen molar-refractivity contribution in [1.29, 1.82) is 0 Å². The van der Waals surface area contributed by atoms with Gasteiger partial charge in [0.2, 0.25) is 0 Å². The number of rotatable bonds is 12. The molecule has 0 spiro atoms. The smallest absolute Gasteiger partial charge is 0.303 e. The van der Waals surface area contributed by atoms with E-state index in [1.807, 2.05) is 6.07 Å². The Morgan fingerprint density at radius 3 is 2.05 bits per heavy atom. The number of aliphatic carboxylic acids is 2. The van der Waals surface area contributed by atoms with Gasteiger partial charge in [-0.15, -0.1) is 0 Å². The van der Waals surface area contributed by atoms with Gasteiger partial charge in [-0.25, -0.2) is 0 Å². The summed E-state index contributed by atoms with van der Waals surface area (Å²) in [4.78, 5) is 21.9. The van der Waals surface area contributed by atoms with Crippen molar-refractivity contribution in [1.82, 2.24) is 0 Å². The molecule has 0 aliphatic heterocycles. The van der Waals surface area contributed by atoms with Gasteiger partial charge in [0, 0.05) is 18.3 Å². The second-order valence-corrected chi connectivity index (χ2v) is 13.1. The average Bonchev–Trinajstić information content (AvgIpc) is 3.24. The zero-order valence-corrected chi connectivity index (χ0v) is 23.1. The van der Waals surface area contributed by atoms with Crippen molar-refractivity contribution in [2.75, 3.05) is 0 Å². The lowest BCUT2D eigenvalue weighted by Gasteiger charge is -2.57. The number of unbranched alkanes of at least 4 members (excludes halogenated alkanes) is 4. The summed E-state index contributed by atoms with van der Waals surface area (Å²) in [5.41, 5.74) is 4.84. The Morgan fingerprint density at radius 2 is 1.45 bits per heavy atom.